The van der Waals surface area contributed by atoms with E-state index in [0.29, 0.717) is 31.5 Å². The van der Waals surface area contributed by atoms with Gasteiger partial charge in [0.05, 0.1) is 11.8 Å². The molecule has 6 nitrogen and oxygen atoms in total. The Labute approximate surface area is 140 Å². The van der Waals surface area contributed by atoms with Crippen LogP contribution in [-0.2, 0) is 4.79 Å². The number of hydrogen-bond donors (Lipinski definition) is 1. The zero-order chi connectivity index (χ0) is 17.1. The van der Waals surface area contributed by atoms with Gasteiger partial charge >= 0.3 is 0 Å². The van der Waals surface area contributed by atoms with Crippen molar-refractivity contribution in [3.05, 3.63) is 47.7 Å². The first kappa shape index (κ1) is 16.2. The zero-order valence-corrected chi connectivity index (χ0v) is 13.9. The van der Waals surface area contributed by atoms with E-state index in [4.69, 9.17) is 4.42 Å². The number of furan rings is 1. The highest BCUT2D eigenvalue weighted by atomic mass is 16.3. The Balaban J connectivity index is 1.57. The zero-order valence-electron chi connectivity index (χ0n) is 13.9. The van der Waals surface area contributed by atoms with E-state index in [2.05, 4.69) is 10.3 Å². The number of carbonyl (C=O) groups excluding carboxylic acids is 2. The van der Waals surface area contributed by atoms with Gasteiger partial charge in [-0.3, -0.25) is 14.6 Å². The fourth-order valence-corrected chi connectivity index (χ4v) is 2.92. The fourth-order valence-electron chi connectivity index (χ4n) is 2.92. The highest BCUT2D eigenvalue weighted by Crippen LogP contribution is 2.22. The molecule has 0 bridgehead atoms. The van der Waals surface area contributed by atoms with E-state index in [1.807, 2.05) is 19.9 Å². The summed E-state index contributed by atoms with van der Waals surface area (Å²) in [5.74, 6) is -0.103. The smallest absolute Gasteiger partial charge is 0.257 e. The topological polar surface area (TPSA) is 75.4 Å². The van der Waals surface area contributed by atoms with Crippen LogP contribution in [0.5, 0.6) is 0 Å². The Kier molecular flexibility index (Phi) is 4.64. The summed E-state index contributed by atoms with van der Waals surface area (Å²) in [5, 5.41) is 2.99. The van der Waals surface area contributed by atoms with E-state index in [1.54, 1.807) is 17.2 Å². The molecule has 1 aliphatic heterocycles. The molecule has 126 valence electrons. The molecule has 0 unspecified atom stereocenters. The van der Waals surface area contributed by atoms with Crippen molar-refractivity contribution in [1.82, 2.24) is 9.88 Å². The number of carbonyl (C=O) groups is 2. The number of anilines is 1. The Morgan fingerprint density at radius 3 is 2.67 bits per heavy atom. The number of aryl methyl sites for hydroxylation is 1. The number of pyridine rings is 1. The molecule has 0 aliphatic carbocycles. The molecule has 1 saturated heterocycles. The first-order valence-corrected chi connectivity index (χ1v) is 8.11. The van der Waals surface area contributed by atoms with Crippen LogP contribution in [0.15, 0.2) is 35.3 Å². The minimum Gasteiger partial charge on any atom is -0.472 e. The molecule has 1 N–H and O–H groups in total. The summed E-state index contributed by atoms with van der Waals surface area (Å²) in [7, 11) is 0. The third-order valence-corrected chi connectivity index (χ3v) is 4.64. The number of rotatable bonds is 3. The molecule has 24 heavy (non-hydrogen) atoms. The number of hydrogen-bond acceptors (Lipinski definition) is 4. The van der Waals surface area contributed by atoms with Crippen LogP contribution in [0.4, 0.5) is 5.69 Å². The van der Waals surface area contributed by atoms with Crippen LogP contribution in [0.2, 0.25) is 0 Å². The van der Waals surface area contributed by atoms with Crippen molar-refractivity contribution in [3.63, 3.8) is 0 Å². The predicted molar refractivity (Wildman–Crippen MR) is 89.7 cm³/mol. The molecule has 2 amide bonds. The third-order valence-electron chi connectivity index (χ3n) is 4.64. The van der Waals surface area contributed by atoms with Crippen molar-refractivity contribution in [2.45, 2.75) is 26.7 Å². The average molecular weight is 327 g/mol. The summed E-state index contributed by atoms with van der Waals surface area (Å²) in [4.78, 5) is 30.7. The van der Waals surface area contributed by atoms with Gasteiger partial charge in [0.2, 0.25) is 5.91 Å². The maximum Gasteiger partial charge on any atom is 0.257 e. The maximum atomic E-state index is 12.5. The Morgan fingerprint density at radius 1 is 1.25 bits per heavy atom. The molecule has 2 aromatic heterocycles. The van der Waals surface area contributed by atoms with Crippen molar-refractivity contribution in [2.24, 2.45) is 5.92 Å². The lowest BCUT2D eigenvalue weighted by Crippen LogP contribution is -2.41. The van der Waals surface area contributed by atoms with Gasteiger partial charge in [0.25, 0.3) is 5.91 Å². The molecule has 1 fully saturated rings. The fraction of sp³-hybridized carbons (Fsp3) is 0.389. The number of amides is 2. The normalized spacial score (nSPS) is 15.3. The first-order valence-electron chi connectivity index (χ1n) is 8.11. The number of aromatic nitrogens is 1. The molecule has 0 atom stereocenters. The quantitative estimate of drug-likeness (QED) is 0.940. The second-order valence-electron chi connectivity index (χ2n) is 6.14. The lowest BCUT2D eigenvalue weighted by molar-refractivity contribution is -0.121. The predicted octanol–water partition coefficient (Wildman–Crippen LogP) is 2.78. The molecule has 3 rings (SSSR count). The second kappa shape index (κ2) is 6.86. The standard InChI is InChI=1S/C18H21N3O3/c1-12-13(2)19-7-3-16(12)20-17(22)14-4-8-21(9-5-14)18(23)15-6-10-24-11-15/h3,6-7,10-11,14H,4-5,8-9H2,1-2H3,(H,19,20,22). The van der Waals surface area contributed by atoms with Crippen molar-refractivity contribution < 1.29 is 14.0 Å². The van der Waals surface area contributed by atoms with Crippen LogP contribution in [0.1, 0.15) is 34.5 Å². The average Bonchev–Trinajstić information content (AvgIpc) is 3.13. The molecule has 0 radical (unpaired) electrons. The van der Waals surface area contributed by atoms with Gasteiger partial charge < -0.3 is 14.6 Å². The van der Waals surface area contributed by atoms with Gasteiger partial charge in [0.1, 0.15) is 6.26 Å². The van der Waals surface area contributed by atoms with Crippen LogP contribution >= 0.6 is 0 Å². The van der Waals surface area contributed by atoms with Crippen LogP contribution in [-0.4, -0.2) is 34.8 Å². The van der Waals surface area contributed by atoms with Gasteiger partial charge in [-0.05, 0) is 44.4 Å². The third kappa shape index (κ3) is 3.32. The molecule has 0 aromatic carbocycles. The van der Waals surface area contributed by atoms with E-state index in [1.165, 1.54) is 12.5 Å². The van der Waals surface area contributed by atoms with Crippen molar-refractivity contribution in [3.8, 4) is 0 Å². The monoisotopic (exact) mass is 327 g/mol. The highest BCUT2D eigenvalue weighted by Gasteiger charge is 2.28. The van der Waals surface area contributed by atoms with Gasteiger partial charge in [-0.15, -0.1) is 0 Å². The van der Waals surface area contributed by atoms with Gasteiger partial charge in [-0.2, -0.15) is 0 Å². The summed E-state index contributed by atoms with van der Waals surface area (Å²) >= 11 is 0. The Bertz CT molecular complexity index is 732. The van der Waals surface area contributed by atoms with Gasteiger partial charge in [0, 0.05) is 36.6 Å². The molecule has 1 aliphatic rings. The first-order chi connectivity index (χ1) is 11.6. The lowest BCUT2D eigenvalue weighted by atomic mass is 9.95. The number of nitrogens with zero attached hydrogens (tertiary/aromatic N) is 2. The van der Waals surface area contributed by atoms with E-state index >= 15 is 0 Å². The minimum atomic E-state index is -0.0775. The van der Waals surface area contributed by atoms with Crippen LogP contribution in [0.3, 0.4) is 0 Å². The number of piperidine rings is 1. The molecule has 3 heterocycles. The van der Waals surface area contributed by atoms with Crippen LogP contribution < -0.4 is 5.32 Å². The number of likely N-dealkylation sites (tertiary alicyclic amines) is 1. The minimum absolute atomic E-state index is 0.0131. The van der Waals surface area contributed by atoms with E-state index < -0.39 is 0 Å². The molecular weight excluding hydrogens is 306 g/mol. The van der Waals surface area contributed by atoms with Crippen LogP contribution in [0, 0.1) is 19.8 Å². The van der Waals surface area contributed by atoms with Crippen molar-refractivity contribution in [1.29, 1.82) is 0 Å². The highest BCUT2D eigenvalue weighted by molar-refractivity contribution is 5.95. The summed E-state index contributed by atoms with van der Waals surface area (Å²) in [6.45, 7) is 5.03. The van der Waals surface area contributed by atoms with E-state index in [9.17, 15) is 9.59 Å². The lowest BCUT2D eigenvalue weighted by Gasteiger charge is -2.31. The Morgan fingerprint density at radius 2 is 2.00 bits per heavy atom. The maximum absolute atomic E-state index is 12.5. The van der Waals surface area contributed by atoms with Gasteiger partial charge in [-0.25, -0.2) is 0 Å². The molecule has 0 saturated carbocycles. The van der Waals surface area contributed by atoms with Gasteiger partial charge in [-0.1, -0.05) is 0 Å². The molecule has 2 aromatic rings. The second-order valence-corrected chi connectivity index (χ2v) is 6.14. The SMILES string of the molecule is Cc1nccc(NC(=O)C2CCN(C(=O)c3ccoc3)CC2)c1C. The summed E-state index contributed by atoms with van der Waals surface area (Å²) in [6.07, 6.45) is 5.98. The van der Waals surface area contributed by atoms with E-state index in [-0.39, 0.29) is 17.7 Å². The molecule has 6 heteroatoms. The number of nitrogens with one attached hydrogen (secondary N) is 1. The largest absolute Gasteiger partial charge is 0.472 e. The Hall–Kier alpha value is -2.63. The van der Waals surface area contributed by atoms with Crippen LogP contribution in [0.25, 0.3) is 0 Å². The summed E-state index contributed by atoms with van der Waals surface area (Å²) < 4.78 is 4.96. The summed E-state index contributed by atoms with van der Waals surface area (Å²) in [6, 6.07) is 3.48. The molecule has 0 spiro atoms. The van der Waals surface area contributed by atoms with Gasteiger partial charge in [0.15, 0.2) is 0 Å². The molecular formula is C18H21N3O3. The van der Waals surface area contributed by atoms with Crippen molar-refractivity contribution >= 4 is 17.5 Å². The van der Waals surface area contributed by atoms with Crippen molar-refractivity contribution in [2.75, 3.05) is 18.4 Å². The summed E-state index contributed by atoms with van der Waals surface area (Å²) in [5.41, 5.74) is 3.26. The van der Waals surface area contributed by atoms with E-state index in [0.717, 1.165) is 16.9 Å².